The second-order valence-corrected chi connectivity index (χ2v) is 5.10. The van der Waals surface area contributed by atoms with Crippen molar-refractivity contribution in [3.8, 4) is 5.75 Å². The Labute approximate surface area is 121 Å². The maximum absolute atomic E-state index is 11.9. The second kappa shape index (κ2) is 5.17. The molecule has 2 heterocycles. The zero-order chi connectivity index (χ0) is 14.1. The summed E-state index contributed by atoms with van der Waals surface area (Å²) in [5, 5.41) is 0.0564. The van der Waals surface area contributed by atoms with Crippen molar-refractivity contribution in [1.82, 2.24) is 9.55 Å². The number of nitrogens with zero attached hydrogens (tertiary/aromatic N) is 2. The summed E-state index contributed by atoms with van der Waals surface area (Å²) >= 11 is 5.70. The molecule has 0 fully saturated rings. The van der Waals surface area contributed by atoms with Crippen LogP contribution >= 0.6 is 11.6 Å². The highest BCUT2D eigenvalue weighted by Crippen LogP contribution is 2.26. The lowest BCUT2D eigenvalue weighted by Crippen LogP contribution is -2.24. The molecule has 0 radical (unpaired) electrons. The zero-order valence-electron chi connectivity index (χ0n) is 10.8. The monoisotopic (exact) mass is 291 g/mol. The van der Waals surface area contributed by atoms with E-state index >= 15 is 0 Å². The molecular weight excluding hydrogens is 278 g/mol. The zero-order valence-corrected chi connectivity index (χ0v) is 11.6. The number of anilines is 1. The van der Waals surface area contributed by atoms with Crippen LogP contribution in [-0.2, 0) is 19.4 Å². The van der Waals surface area contributed by atoms with Gasteiger partial charge in [-0.15, -0.1) is 0 Å². The van der Waals surface area contributed by atoms with Crippen molar-refractivity contribution in [2.45, 2.75) is 19.4 Å². The van der Waals surface area contributed by atoms with E-state index in [9.17, 15) is 4.79 Å². The first-order valence-corrected chi connectivity index (χ1v) is 6.78. The van der Waals surface area contributed by atoms with Gasteiger partial charge in [-0.3, -0.25) is 9.36 Å². The Morgan fingerprint density at radius 3 is 3.15 bits per heavy atom. The van der Waals surface area contributed by atoms with Crippen molar-refractivity contribution in [3.05, 3.63) is 51.2 Å². The van der Waals surface area contributed by atoms with Gasteiger partial charge in [-0.2, -0.15) is 0 Å². The highest BCUT2D eigenvalue weighted by atomic mass is 35.5. The van der Waals surface area contributed by atoms with Crippen molar-refractivity contribution in [1.29, 1.82) is 0 Å². The smallest absolute Gasteiger partial charge is 0.278 e. The van der Waals surface area contributed by atoms with Crippen LogP contribution < -0.4 is 16.0 Å². The molecule has 2 N–H and O–H groups in total. The molecule has 3 rings (SSSR count). The van der Waals surface area contributed by atoms with E-state index in [4.69, 9.17) is 22.1 Å². The lowest BCUT2D eigenvalue weighted by atomic mass is 10.1. The summed E-state index contributed by atoms with van der Waals surface area (Å²) in [5.74, 6) is 0.961. The molecule has 0 saturated heterocycles. The highest BCUT2D eigenvalue weighted by molar-refractivity contribution is 6.31. The number of aromatic nitrogens is 2. The highest BCUT2D eigenvalue weighted by Gasteiger charge is 2.12. The molecule has 1 aliphatic heterocycles. The summed E-state index contributed by atoms with van der Waals surface area (Å²) in [5.41, 5.74) is 7.67. The van der Waals surface area contributed by atoms with E-state index < -0.39 is 0 Å². The first-order chi connectivity index (χ1) is 9.65. The Morgan fingerprint density at radius 2 is 2.30 bits per heavy atom. The molecule has 0 atom stereocenters. The third-order valence-electron chi connectivity index (χ3n) is 3.42. The fourth-order valence-electron chi connectivity index (χ4n) is 2.29. The van der Waals surface area contributed by atoms with Crippen molar-refractivity contribution < 1.29 is 4.74 Å². The number of nitrogens with two attached hydrogens (primary N) is 1. The molecule has 6 heteroatoms. The normalized spacial score (nSPS) is 13.1. The maximum atomic E-state index is 11.9. The lowest BCUT2D eigenvalue weighted by Gasteiger charge is -2.08. The van der Waals surface area contributed by atoms with Crippen LogP contribution in [0.15, 0.2) is 29.3 Å². The molecule has 20 heavy (non-hydrogen) atoms. The molecule has 0 spiro atoms. The average molecular weight is 292 g/mol. The molecule has 0 saturated carbocycles. The number of benzene rings is 1. The lowest BCUT2D eigenvalue weighted by molar-refractivity contribution is 0.357. The van der Waals surface area contributed by atoms with Crippen LogP contribution in [0.5, 0.6) is 5.75 Å². The van der Waals surface area contributed by atoms with Gasteiger partial charge in [0.2, 0.25) is 0 Å². The van der Waals surface area contributed by atoms with Gasteiger partial charge in [-0.1, -0.05) is 23.7 Å². The molecule has 1 aromatic heterocycles. The van der Waals surface area contributed by atoms with Gasteiger partial charge in [0.05, 0.1) is 12.9 Å². The second-order valence-electron chi connectivity index (χ2n) is 4.74. The van der Waals surface area contributed by atoms with Crippen molar-refractivity contribution in [2.24, 2.45) is 0 Å². The Balaban J connectivity index is 1.77. The van der Waals surface area contributed by atoms with E-state index in [2.05, 4.69) is 11.1 Å². The number of aryl methyl sites for hydroxylation is 2. The van der Waals surface area contributed by atoms with Crippen molar-refractivity contribution in [3.63, 3.8) is 0 Å². The molecule has 1 aromatic carbocycles. The molecule has 1 aliphatic rings. The number of nitrogen functional groups attached to an aromatic ring is 1. The Bertz CT molecular complexity index is 712. The fourth-order valence-corrected chi connectivity index (χ4v) is 2.41. The number of ether oxygens (including phenoxy) is 1. The third kappa shape index (κ3) is 2.36. The maximum Gasteiger partial charge on any atom is 0.278 e. The number of rotatable bonds is 3. The molecule has 0 aliphatic carbocycles. The fraction of sp³-hybridized carbons (Fsp3) is 0.286. The largest absolute Gasteiger partial charge is 0.493 e. The Hall–Kier alpha value is -2.01. The summed E-state index contributed by atoms with van der Waals surface area (Å²) in [4.78, 5) is 15.8. The van der Waals surface area contributed by atoms with Gasteiger partial charge in [-0.25, -0.2) is 4.98 Å². The first kappa shape index (κ1) is 13.0. The van der Waals surface area contributed by atoms with Crippen LogP contribution in [0, 0.1) is 0 Å². The summed E-state index contributed by atoms with van der Waals surface area (Å²) in [6.45, 7) is 1.27. The summed E-state index contributed by atoms with van der Waals surface area (Å²) in [6.07, 6.45) is 3.10. The summed E-state index contributed by atoms with van der Waals surface area (Å²) < 4.78 is 6.94. The van der Waals surface area contributed by atoms with Crippen molar-refractivity contribution in [2.75, 3.05) is 12.3 Å². The Morgan fingerprint density at radius 1 is 1.45 bits per heavy atom. The summed E-state index contributed by atoms with van der Waals surface area (Å²) in [6, 6.07) is 6.12. The molecule has 2 aromatic rings. The van der Waals surface area contributed by atoms with Gasteiger partial charge in [0.25, 0.3) is 5.56 Å². The van der Waals surface area contributed by atoms with Gasteiger partial charge >= 0.3 is 0 Å². The molecular formula is C14H14ClN3O2. The molecule has 0 unspecified atom stereocenters. The molecule has 104 valence electrons. The van der Waals surface area contributed by atoms with Gasteiger partial charge in [0.1, 0.15) is 11.4 Å². The molecule has 0 amide bonds. The van der Waals surface area contributed by atoms with E-state index in [0.29, 0.717) is 6.54 Å². The first-order valence-electron chi connectivity index (χ1n) is 6.40. The average Bonchev–Trinajstić information content (AvgIpc) is 2.91. The van der Waals surface area contributed by atoms with Crippen LogP contribution in [0.1, 0.15) is 11.1 Å². The quantitative estimate of drug-likeness (QED) is 0.873. The minimum Gasteiger partial charge on any atom is -0.493 e. The van der Waals surface area contributed by atoms with E-state index in [1.54, 1.807) is 0 Å². The van der Waals surface area contributed by atoms with Crippen LogP contribution in [-0.4, -0.2) is 16.2 Å². The van der Waals surface area contributed by atoms with E-state index in [0.717, 1.165) is 30.8 Å². The number of hydrogen-bond acceptors (Lipinski definition) is 4. The Kier molecular flexibility index (Phi) is 3.36. The minimum absolute atomic E-state index is 0.00322. The van der Waals surface area contributed by atoms with Gasteiger partial charge in [0.15, 0.2) is 5.15 Å². The van der Waals surface area contributed by atoms with Gasteiger partial charge in [0, 0.05) is 13.0 Å². The predicted molar refractivity (Wildman–Crippen MR) is 77.3 cm³/mol. The van der Waals surface area contributed by atoms with Gasteiger partial charge in [-0.05, 0) is 23.6 Å². The molecule has 0 bridgehead atoms. The van der Waals surface area contributed by atoms with Crippen molar-refractivity contribution >= 4 is 17.3 Å². The number of hydrogen-bond donors (Lipinski definition) is 1. The van der Waals surface area contributed by atoms with Crippen LogP contribution in [0.4, 0.5) is 5.69 Å². The van der Waals surface area contributed by atoms with Crippen LogP contribution in [0.2, 0.25) is 5.15 Å². The van der Waals surface area contributed by atoms with Crippen LogP contribution in [0.3, 0.4) is 0 Å². The van der Waals surface area contributed by atoms with Crippen LogP contribution in [0.25, 0.3) is 0 Å². The topological polar surface area (TPSA) is 70.1 Å². The standard InChI is InChI=1S/C14H14ClN3O2/c15-13-12(16)14(19)18(8-17-13)5-3-9-1-2-11-10(7-9)4-6-20-11/h1-2,7-8H,3-6,16H2. The number of fused-ring (bicyclic) bond motifs is 1. The van der Waals surface area contributed by atoms with Gasteiger partial charge < -0.3 is 10.5 Å². The summed E-state index contributed by atoms with van der Waals surface area (Å²) in [7, 11) is 0. The van der Waals surface area contributed by atoms with E-state index in [1.807, 2.05) is 12.1 Å². The van der Waals surface area contributed by atoms with E-state index in [1.165, 1.54) is 16.5 Å². The minimum atomic E-state index is -0.297. The third-order valence-corrected chi connectivity index (χ3v) is 3.72. The van der Waals surface area contributed by atoms with E-state index in [-0.39, 0.29) is 16.4 Å². The SMILES string of the molecule is Nc1c(Cl)ncn(CCc2ccc3c(c2)CCO3)c1=O. The number of halogens is 1. The predicted octanol–water partition coefficient (Wildman–Crippen LogP) is 1.66. The molecule has 5 nitrogen and oxygen atoms in total.